The molecule has 0 aliphatic carbocycles. The number of nitrogens with two attached hydrogens (primary N) is 2. The van der Waals surface area contributed by atoms with Crippen LogP contribution in [-0.2, 0) is 14.3 Å². The number of ether oxygens (including phenoxy) is 2. The van der Waals surface area contributed by atoms with Crippen LogP contribution < -0.4 is 16.8 Å². The van der Waals surface area contributed by atoms with Crippen molar-refractivity contribution in [3.05, 3.63) is 0 Å². The highest BCUT2D eigenvalue weighted by Crippen LogP contribution is 1.88. The lowest BCUT2D eigenvalue weighted by atomic mass is 10.3. The highest BCUT2D eigenvalue weighted by Gasteiger charge is 2.06. The van der Waals surface area contributed by atoms with E-state index < -0.39 is 11.9 Å². The zero-order chi connectivity index (χ0) is 12.2. The summed E-state index contributed by atoms with van der Waals surface area (Å²) in [5, 5.41) is 3.06. The summed E-state index contributed by atoms with van der Waals surface area (Å²) in [5.41, 5.74) is 10.4. The molecule has 0 saturated heterocycles. The quantitative estimate of drug-likeness (QED) is 0.391. The third-order valence-electron chi connectivity index (χ3n) is 2.05. The van der Waals surface area contributed by atoms with Crippen LogP contribution >= 0.6 is 0 Å². The Hall–Kier alpha value is -0.690. The van der Waals surface area contributed by atoms with Gasteiger partial charge in [-0.15, -0.1) is 0 Å². The second kappa shape index (κ2) is 10.8. The molecule has 16 heavy (non-hydrogen) atoms. The van der Waals surface area contributed by atoms with Crippen molar-refractivity contribution < 1.29 is 14.3 Å². The minimum Gasteiger partial charge on any atom is -0.382 e. The van der Waals surface area contributed by atoms with Crippen molar-refractivity contribution in [1.82, 2.24) is 5.32 Å². The van der Waals surface area contributed by atoms with E-state index in [2.05, 4.69) is 5.32 Å². The molecule has 0 aliphatic heterocycles. The molecule has 0 aromatic heterocycles. The zero-order valence-electron chi connectivity index (χ0n) is 9.91. The molecule has 5 N–H and O–H groups in total. The van der Waals surface area contributed by atoms with Crippen molar-refractivity contribution in [2.24, 2.45) is 11.5 Å². The molecule has 0 aromatic carbocycles. The van der Waals surface area contributed by atoms with Gasteiger partial charge in [0.15, 0.2) is 0 Å². The lowest BCUT2D eigenvalue weighted by Gasteiger charge is -2.08. The van der Waals surface area contributed by atoms with E-state index in [1.165, 1.54) is 0 Å². The molecule has 0 bridgehead atoms. The average Bonchev–Trinajstić information content (AvgIpc) is 2.26. The van der Waals surface area contributed by atoms with Crippen molar-refractivity contribution in [3.63, 3.8) is 0 Å². The predicted molar refractivity (Wildman–Crippen MR) is 62.0 cm³/mol. The van der Waals surface area contributed by atoms with Gasteiger partial charge in [-0.1, -0.05) is 0 Å². The summed E-state index contributed by atoms with van der Waals surface area (Å²) >= 11 is 0. The number of hydrogen-bond acceptors (Lipinski definition) is 5. The first-order valence-electron chi connectivity index (χ1n) is 5.50. The normalized spacial score (nSPS) is 12.6. The van der Waals surface area contributed by atoms with Crippen LogP contribution in [0, 0.1) is 0 Å². The number of rotatable bonds is 11. The molecule has 0 radical (unpaired) electrons. The van der Waals surface area contributed by atoms with E-state index in [0.29, 0.717) is 19.8 Å². The monoisotopic (exact) mass is 233 g/mol. The number of methoxy groups -OCH3 is 1. The minimum absolute atomic E-state index is 0.430. The van der Waals surface area contributed by atoms with Crippen LogP contribution in [0.1, 0.15) is 12.8 Å². The molecular formula is C10H23N3O3. The molecule has 0 saturated carbocycles. The van der Waals surface area contributed by atoms with Gasteiger partial charge < -0.3 is 26.3 Å². The van der Waals surface area contributed by atoms with Gasteiger partial charge >= 0.3 is 0 Å². The molecule has 1 unspecified atom stereocenters. The molecule has 0 heterocycles. The molecule has 0 aliphatic rings. The highest BCUT2D eigenvalue weighted by molar-refractivity contribution is 5.79. The number of carbonyl (C=O) groups excluding carboxylic acids is 1. The van der Waals surface area contributed by atoms with Crippen molar-refractivity contribution >= 4 is 5.91 Å². The van der Waals surface area contributed by atoms with E-state index in [0.717, 1.165) is 26.0 Å². The number of amides is 1. The average molecular weight is 233 g/mol. The van der Waals surface area contributed by atoms with Gasteiger partial charge in [0, 0.05) is 20.3 Å². The van der Waals surface area contributed by atoms with Gasteiger partial charge in [-0.3, -0.25) is 4.79 Å². The van der Waals surface area contributed by atoms with Crippen molar-refractivity contribution in [2.45, 2.75) is 18.9 Å². The van der Waals surface area contributed by atoms with Crippen LogP contribution in [0.25, 0.3) is 0 Å². The Kier molecular flexibility index (Phi) is 10.3. The van der Waals surface area contributed by atoms with E-state index in [9.17, 15) is 4.79 Å². The summed E-state index contributed by atoms with van der Waals surface area (Å²) in [6.45, 7) is 3.24. The van der Waals surface area contributed by atoms with Gasteiger partial charge in [0.2, 0.25) is 5.91 Å². The summed E-state index contributed by atoms with van der Waals surface area (Å²) in [5.74, 6) is -0.476. The maximum absolute atomic E-state index is 10.6. The predicted octanol–water partition coefficient (Wildman–Crippen LogP) is -1.17. The first-order valence-corrected chi connectivity index (χ1v) is 5.50. The Morgan fingerprint density at radius 3 is 2.69 bits per heavy atom. The van der Waals surface area contributed by atoms with Crippen LogP contribution in [-0.4, -0.2) is 52.0 Å². The van der Waals surface area contributed by atoms with E-state index in [1.807, 2.05) is 0 Å². The first-order chi connectivity index (χ1) is 7.68. The maximum atomic E-state index is 10.6. The summed E-state index contributed by atoms with van der Waals surface area (Å²) in [6.07, 6.45) is 1.96. The summed E-state index contributed by atoms with van der Waals surface area (Å²) in [4.78, 5) is 10.6. The molecule has 1 atom stereocenters. The van der Waals surface area contributed by atoms with Crippen LogP contribution in [0.15, 0.2) is 0 Å². The Morgan fingerprint density at radius 1 is 1.31 bits per heavy atom. The van der Waals surface area contributed by atoms with Crippen molar-refractivity contribution in [3.8, 4) is 0 Å². The van der Waals surface area contributed by atoms with Crippen LogP contribution in [0.4, 0.5) is 0 Å². The smallest absolute Gasteiger partial charge is 0.235 e. The van der Waals surface area contributed by atoms with Crippen LogP contribution in [0.3, 0.4) is 0 Å². The molecule has 6 heteroatoms. The molecule has 0 rings (SSSR count). The maximum Gasteiger partial charge on any atom is 0.235 e. The molecule has 0 spiro atoms. The highest BCUT2D eigenvalue weighted by atomic mass is 16.5. The van der Waals surface area contributed by atoms with E-state index in [1.54, 1.807) is 7.11 Å². The van der Waals surface area contributed by atoms with Gasteiger partial charge in [-0.25, -0.2) is 0 Å². The summed E-state index contributed by atoms with van der Waals surface area (Å²) in [6, 6.07) is -0.599. The van der Waals surface area contributed by atoms with Gasteiger partial charge in [0.1, 0.15) is 0 Å². The van der Waals surface area contributed by atoms with Gasteiger partial charge in [0.25, 0.3) is 0 Å². The van der Waals surface area contributed by atoms with Crippen molar-refractivity contribution in [2.75, 3.05) is 40.0 Å². The molecule has 0 fully saturated rings. The van der Waals surface area contributed by atoms with E-state index in [-0.39, 0.29) is 0 Å². The van der Waals surface area contributed by atoms with Gasteiger partial charge in [0.05, 0.1) is 19.3 Å². The number of carbonyl (C=O) groups is 1. The molecule has 6 nitrogen and oxygen atoms in total. The lowest BCUT2D eigenvalue weighted by molar-refractivity contribution is -0.119. The van der Waals surface area contributed by atoms with Gasteiger partial charge in [-0.2, -0.15) is 0 Å². The topological polar surface area (TPSA) is 99.6 Å². The molecular weight excluding hydrogens is 210 g/mol. The third kappa shape index (κ3) is 9.85. The molecule has 1 amide bonds. The van der Waals surface area contributed by atoms with E-state index in [4.69, 9.17) is 20.9 Å². The second-order valence-electron chi connectivity index (χ2n) is 3.53. The molecule has 96 valence electrons. The number of hydrogen-bond donors (Lipinski definition) is 3. The van der Waals surface area contributed by atoms with Gasteiger partial charge in [-0.05, 0) is 19.4 Å². The zero-order valence-corrected chi connectivity index (χ0v) is 9.91. The SMILES string of the molecule is COCCOCCCCNCC(N)C(N)=O. The Bertz CT molecular complexity index is 179. The first kappa shape index (κ1) is 15.3. The number of primary amides is 1. The second-order valence-corrected chi connectivity index (χ2v) is 3.53. The van der Waals surface area contributed by atoms with Crippen LogP contribution in [0.5, 0.6) is 0 Å². The summed E-state index contributed by atoms with van der Waals surface area (Å²) in [7, 11) is 1.65. The standard InChI is InChI=1S/C10H23N3O3/c1-15-6-7-16-5-3-2-4-13-8-9(11)10(12)14/h9,13H,2-8,11H2,1H3,(H2,12,14). The fourth-order valence-electron chi connectivity index (χ4n) is 1.06. The number of unbranched alkanes of at least 4 members (excludes halogenated alkanes) is 1. The van der Waals surface area contributed by atoms with E-state index >= 15 is 0 Å². The number of nitrogens with one attached hydrogen (secondary N) is 1. The Morgan fingerprint density at radius 2 is 2.06 bits per heavy atom. The lowest BCUT2D eigenvalue weighted by Crippen LogP contribution is -2.44. The Balaban J connectivity index is 3.07. The largest absolute Gasteiger partial charge is 0.382 e. The summed E-state index contributed by atoms with van der Waals surface area (Å²) < 4.78 is 10.1. The Labute approximate surface area is 96.6 Å². The molecule has 0 aromatic rings. The third-order valence-corrected chi connectivity index (χ3v) is 2.05. The minimum atomic E-state index is -0.599. The van der Waals surface area contributed by atoms with Crippen LogP contribution in [0.2, 0.25) is 0 Å². The fourth-order valence-corrected chi connectivity index (χ4v) is 1.06. The van der Waals surface area contributed by atoms with Crippen molar-refractivity contribution in [1.29, 1.82) is 0 Å². The fraction of sp³-hybridized carbons (Fsp3) is 0.900.